The van der Waals surface area contributed by atoms with Crippen LogP contribution < -0.4 is 5.32 Å². The van der Waals surface area contributed by atoms with E-state index in [2.05, 4.69) is 10.3 Å². The van der Waals surface area contributed by atoms with Gasteiger partial charge in [-0.25, -0.2) is 4.98 Å². The standard InChI is InChI=1S/C18H17ClN2O2/c1-10(2)17(22)20-12-7-8-13(14(19)9-12)18-21-16-11(3)5-4-6-15(16)23-18/h4-10H,1-3H3,(H,20,22). The molecule has 0 radical (unpaired) electrons. The molecule has 0 bridgehead atoms. The van der Waals surface area contributed by atoms with Gasteiger partial charge in [-0.15, -0.1) is 0 Å². The second kappa shape index (κ2) is 6.05. The summed E-state index contributed by atoms with van der Waals surface area (Å²) < 4.78 is 5.79. The SMILES string of the molecule is Cc1cccc2oc(-c3ccc(NC(=O)C(C)C)cc3Cl)nc12. The summed E-state index contributed by atoms with van der Waals surface area (Å²) in [5.74, 6) is 0.334. The Balaban J connectivity index is 1.96. The number of aryl methyl sites for hydroxylation is 1. The third-order valence-electron chi connectivity index (χ3n) is 3.61. The van der Waals surface area contributed by atoms with Gasteiger partial charge in [0.1, 0.15) is 5.52 Å². The molecule has 0 aliphatic carbocycles. The van der Waals surface area contributed by atoms with Crippen molar-refractivity contribution < 1.29 is 9.21 Å². The summed E-state index contributed by atoms with van der Waals surface area (Å²) >= 11 is 6.34. The Hall–Kier alpha value is -2.33. The van der Waals surface area contributed by atoms with E-state index in [1.54, 1.807) is 18.2 Å². The van der Waals surface area contributed by atoms with Crippen LogP contribution in [0.1, 0.15) is 19.4 Å². The number of anilines is 1. The second-order valence-corrected chi connectivity index (χ2v) is 6.19. The number of hydrogen-bond donors (Lipinski definition) is 1. The smallest absolute Gasteiger partial charge is 0.228 e. The quantitative estimate of drug-likeness (QED) is 0.731. The largest absolute Gasteiger partial charge is 0.436 e. The van der Waals surface area contributed by atoms with Gasteiger partial charge in [-0.1, -0.05) is 37.6 Å². The molecule has 5 heteroatoms. The minimum absolute atomic E-state index is 0.0497. The zero-order valence-corrected chi connectivity index (χ0v) is 13.9. The molecule has 0 aliphatic heterocycles. The minimum Gasteiger partial charge on any atom is -0.436 e. The maximum absolute atomic E-state index is 11.7. The van der Waals surface area contributed by atoms with Crippen LogP contribution in [-0.2, 0) is 4.79 Å². The van der Waals surface area contributed by atoms with Crippen LogP contribution in [0, 0.1) is 12.8 Å². The fourth-order valence-corrected chi connectivity index (χ4v) is 2.52. The van der Waals surface area contributed by atoms with Gasteiger partial charge in [0.25, 0.3) is 0 Å². The first-order chi connectivity index (χ1) is 11.0. The molecule has 0 saturated carbocycles. The van der Waals surface area contributed by atoms with Crippen LogP contribution in [0.5, 0.6) is 0 Å². The molecule has 1 amide bonds. The number of carbonyl (C=O) groups is 1. The molecule has 0 saturated heterocycles. The monoisotopic (exact) mass is 328 g/mol. The van der Waals surface area contributed by atoms with Gasteiger partial charge in [0, 0.05) is 11.6 Å². The molecule has 23 heavy (non-hydrogen) atoms. The fraction of sp³-hybridized carbons (Fsp3) is 0.222. The Morgan fingerprint density at radius 1 is 1.26 bits per heavy atom. The number of para-hydroxylation sites is 1. The van der Waals surface area contributed by atoms with Crippen molar-refractivity contribution >= 4 is 34.3 Å². The van der Waals surface area contributed by atoms with E-state index in [1.165, 1.54) is 0 Å². The van der Waals surface area contributed by atoms with E-state index in [9.17, 15) is 4.79 Å². The lowest BCUT2D eigenvalue weighted by Gasteiger charge is -2.09. The number of nitrogens with zero attached hydrogens (tertiary/aromatic N) is 1. The Morgan fingerprint density at radius 2 is 2.04 bits per heavy atom. The molecule has 0 fully saturated rings. The molecular formula is C18H17ClN2O2. The number of carbonyl (C=O) groups excluding carboxylic acids is 1. The molecule has 0 unspecified atom stereocenters. The van der Waals surface area contributed by atoms with Crippen molar-refractivity contribution in [3.05, 3.63) is 47.0 Å². The lowest BCUT2D eigenvalue weighted by atomic mass is 10.1. The first-order valence-corrected chi connectivity index (χ1v) is 7.80. The predicted molar refractivity (Wildman–Crippen MR) is 92.7 cm³/mol. The molecule has 2 aromatic carbocycles. The molecule has 4 nitrogen and oxygen atoms in total. The van der Waals surface area contributed by atoms with Crippen molar-refractivity contribution in [3.63, 3.8) is 0 Å². The number of amides is 1. The Kier molecular flexibility index (Phi) is 4.09. The summed E-state index contributed by atoms with van der Waals surface area (Å²) in [6.07, 6.45) is 0. The molecule has 3 rings (SSSR count). The van der Waals surface area contributed by atoms with E-state index in [-0.39, 0.29) is 11.8 Å². The zero-order chi connectivity index (χ0) is 16.6. The highest BCUT2D eigenvalue weighted by Crippen LogP contribution is 2.32. The zero-order valence-electron chi connectivity index (χ0n) is 13.2. The number of fused-ring (bicyclic) bond motifs is 1. The normalized spacial score (nSPS) is 11.2. The van der Waals surface area contributed by atoms with Gasteiger partial charge in [-0.3, -0.25) is 4.79 Å². The maximum atomic E-state index is 11.7. The number of rotatable bonds is 3. The highest BCUT2D eigenvalue weighted by molar-refractivity contribution is 6.33. The fourth-order valence-electron chi connectivity index (χ4n) is 2.25. The Morgan fingerprint density at radius 3 is 2.70 bits per heavy atom. The molecule has 1 aromatic heterocycles. The van der Waals surface area contributed by atoms with Gasteiger partial charge in [0.15, 0.2) is 5.58 Å². The maximum Gasteiger partial charge on any atom is 0.228 e. The van der Waals surface area contributed by atoms with Gasteiger partial charge in [-0.2, -0.15) is 0 Å². The van der Waals surface area contributed by atoms with Crippen molar-refractivity contribution in [2.45, 2.75) is 20.8 Å². The summed E-state index contributed by atoms with van der Waals surface area (Å²) in [6, 6.07) is 11.1. The summed E-state index contributed by atoms with van der Waals surface area (Å²) in [6.45, 7) is 5.67. The van der Waals surface area contributed by atoms with Crippen molar-refractivity contribution in [2.75, 3.05) is 5.32 Å². The highest BCUT2D eigenvalue weighted by atomic mass is 35.5. The number of hydrogen-bond acceptors (Lipinski definition) is 3. The predicted octanol–water partition coefficient (Wildman–Crippen LogP) is 5.05. The van der Waals surface area contributed by atoms with Crippen LogP contribution in [0.15, 0.2) is 40.8 Å². The van der Waals surface area contributed by atoms with Crippen molar-refractivity contribution in [1.82, 2.24) is 4.98 Å². The van der Waals surface area contributed by atoms with Crippen molar-refractivity contribution in [2.24, 2.45) is 5.92 Å². The van der Waals surface area contributed by atoms with Crippen LogP contribution >= 0.6 is 11.6 Å². The van der Waals surface area contributed by atoms with Crippen molar-refractivity contribution in [3.8, 4) is 11.5 Å². The van der Waals surface area contributed by atoms with E-state index in [0.717, 1.165) is 16.7 Å². The average Bonchev–Trinajstić information content (AvgIpc) is 2.92. The number of benzene rings is 2. The van der Waals surface area contributed by atoms with Crippen LogP contribution in [0.3, 0.4) is 0 Å². The summed E-state index contributed by atoms with van der Waals surface area (Å²) in [4.78, 5) is 16.3. The van der Waals surface area contributed by atoms with E-state index in [4.69, 9.17) is 16.0 Å². The topological polar surface area (TPSA) is 55.1 Å². The number of aromatic nitrogens is 1. The van der Waals surface area contributed by atoms with Gasteiger partial charge < -0.3 is 9.73 Å². The lowest BCUT2D eigenvalue weighted by molar-refractivity contribution is -0.118. The van der Waals surface area contributed by atoms with Crippen LogP contribution in [0.25, 0.3) is 22.6 Å². The van der Waals surface area contributed by atoms with E-state index in [0.29, 0.717) is 22.2 Å². The van der Waals surface area contributed by atoms with Gasteiger partial charge in [0.2, 0.25) is 11.8 Å². The first kappa shape index (κ1) is 15.6. The lowest BCUT2D eigenvalue weighted by Crippen LogP contribution is -2.17. The average molecular weight is 329 g/mol. The van der Waals surface area contributed by atoms with E-state index in [1.807, 2.05) is 39.0 Å². The first-order valence-electron chi connectivity index (χ1n) is 7.42. The molecule has 0 atom stereocenters. The summed E-state index contributed by atoms with van der Waals surface area (Å²) in [5.41, 5.74) is 3.97. The molecule has 3 aromatic rings. The van der Waals surface area contributed by atoms with E-state index >= 15 is 0 Å². The van der Waals surface area contributed by atoms with Crippen LogP contribution in [-0.4, -0.2) is 10.9 Å². The summed E-state index contributed by atoms with van der Waals surface area (Å²) in [5, 5.41) is 3.30. The highest BCUT2D eigenvalue weighted by Gasteiger charge is 2.14. The van der Waals surface area contributed by atoms with Crippen molar-refractivity contribution in [1.29, 1.82) is 0 Å². The molecular weight excluding hydrogens is 312 g/mol. The van der Waals surface area contributed by atoms with E-state index < -0.39 is 0 Å². The van der Waals surface area contributed by atoms with Gasteiger partial charge >= 0.3 is 0 Å². The third kappa shape index (κ3) is 3.08. The molecule has 0 spiro atoms. The number of oxazole rings is 1. The molecule has 0 aliphatic rings. The summed E-state index contributed by atoms with van der Waals surface area (Å²) in [7, 11) is 0. The minimum atomic E-state index is -0.0894. The Bertz CT molecular complexity index is 884. The molecule has 1 N–H and O–H groups in total. The van der Waals surface area contributed by atoms with Crippen LogP contribution in [0.2, 0.25) is 5.02 Å². The Labute approximate surface area is 139 Å². The van der Waals surface area contributed by atoms with Gasteiger partial charge in [0.05, 0.1) is 10.6 Å². The second-order valence-electron chi connectivity index (χ2n) is 5.78. The third-order valence-corrected chi connectivity index (χ3v) is 3.92. The van der Waals surface area contributed by atoms with Gasteiger partial charge in [-0.05, 0) is 36.8 Å². The number of halogens is 1. The molecule has 1 heterocycles. The number of nitrogens with one attached hydrogen (secondary N) is 1. The van der Waals surface area contributed by atoms with Crippen LogP contribution in [0.4, 0.5) is 5.69 Å². The molecule has 118 valence electrons.